The second-order valence-electron chi connectivity index (χ2n) is 3.92. The summed E-state index contributed by atoms with van der Waals surface area (Å²) in [6, 6.07) is 14.1. The molecule has 0 radical (unpaired) electrons. The van der Waals surface area contributed by atoms with Crippen LogP contribution in [0.15, 0.2) is 48.5 Å². The predicted octanol–water partition coefficient (Wildman–Crippen LogP) is 3.20. The van der Waals surface area contributed by atoms with Crippen molar-refractivity contribution in [1.29, 1.82) is 0 Å². The van der Waals surface area contributed by atoms with Gasteiger partial charge in [-0.3, -0.25) is 0 Å². The van der Waals surface area contributed by atoms with Gasteiger partial charge in [0.1, 0.15) is 5.75 Å². The van der Waals surface area contributed by atoms with E-state index in [-0.39, 0.29) is 5.97 Å². The fourth-order valence-electron chi connectivity index (χ4n) is 1.47. The third kappa shape index (κ3) is 2.78. The van der Waals surface area contributed by atoms with Crippen LogP contribution in [0.3, 0.4) is 0 Å². The standard InChI is InChI=1S/C16H12O2/c1-3-13-6-8-14(9-7-13)16(17)18-15-10-4-12(2)5-11-15/h1,4-11H,2H3. The second kappa shape index (κ2) is 5.20. The molecule has 2 nitrogen and oxygen atoms in total. The van der Waals surface area contributed by atoms with Crippen molar-refractivity contribution in [2.45, 2.75) is 6.92 Å². The van der Waals surface area contributed by atoms with Gasteiger partial charge < -0.3 is 4.74 Å². The Kier molecular flexibility index (Phi) is 3.45. The van der Waals surface area contributed by atoms with Gasteiger partial charge in [0, 0.05) is 5.56 Å². The third-order valence-electron chi connectivity index (χ3n) is 2.52. The van der Waals surface area contributed by atoms with E-state index in [0.717, 1.165) is 11.1 Å². The Balaban J connectivity index is 2.12. The monoisotopic (exact) mass is 236 g/mol. The van der Waals surface area contributed by atoms with E-state index in [1.807, 2.05) is 19.1 Å². The molecule has 0 bridgehead atoms. The highest BCUT2D eigenvalue weighted by Crippen LogP contribution is 2.14. The summed E-state index contributed by atoms with van der Waals surface area (Å²) < 4.78 is 5.24. The highest BCUT2D eigenvalue weighted by atomic mass is 16.5. The van der Waals surface area contributed by atoms with E-state index < -0.39 is 0 Å². The maximum Gasteiger partial charge on any atom is 0.343 e. The number of aryl methyl sites for hydroxylation is 1. The quantitative estimate of drug-likeness (QED) is 0.454. The number of ether oxygens (including phenoxy) is 1. The molecule has 0 saturated heterocycles. The van der Waals surface area contributed by atoms with Gasteiger partial charge in [0.25, 0.3) is 0 Å². The molecule has 0 heterocycles. The molecule has 0 spiro atoms. The van der Waals surface area contributed by atoms with Crippen molar-refractivity contribution in [3.63, 3.8) is 0 Å². The van der Waals surface area contributed by atoms with E-state index in [0.29, 0.717) is 11.3 Å². The second-order valence-corrected chi connectivity index (χ2v) is 3.92. The van der Waals surface area contributed by atoms with Crippen molar-refractivity contribution in [3.05, 3.63) is 65.2 Å². The first-order valence-electron chi connectivity index (χ1n) is 5.54. The van der Waals surface area contributed by atoms with Crippen LogP contribution in [0.2, 0.25) is 0 Å². The minimum absolute atomic E-state index is 0.387. The smallest absolute Gasteiger partial charge is 0.343 e. The molecule has 0 saturated carbocycles. The SMILES string of the molecule is C#Cc1ccc(C(=O)Oc2ccc(C)cc2)cc1. The molecule has 0 amide bonds. The van der Waals surface area contributed by atoms with Gasteiger partial charge in [0.05, 0.1) is 5.56 Å². The Morgan fingerprint density at radius 1 is 1.06 bits per heavy atom. The fourth-order valence-corrected chi connectivity index (χ4v) is 1.47. The number of carbonyl (C=O) groups excluding carboxylic acids is 1. The van der Waals surface area contributed by atoms with Crippen LogP contribution in [0.5, 0.6) is 5.75 Å². The third-order valence-corrected chi connectivity index (χ3v) is 2.52. The zero-order valence-electron chi connectivity index (χ0n) is 10.0. The maximum absolute atomic E-state index is 11.8. The normalized spacial score (nSPS) is 9.56. The van der Waals surface area contributed by atoms with E-state index >= 15 is 0 Å². The first-order valence-corrected chi connectivity index (χ1v) is 5.54. The summed E-state index contributed by atoms with van der Waals surface area (Å²) in [5, 5.41) is 0. The highest BCUT2D eigenvalue weighted by Gasteiger charge is 2.07. The Labute approximate surface area is 106 Å². The summed E-state index contributed by atoms with van der Waals surface area (Å²) in [5.41, 5.74) is 2.34. The molecule has 0 atom stereocenters. The Morgan fingerprint density at radius 2 is 1.67 bits per heavy atom. The lowest BCUT2D eigenvalue weighted by Gasteiger charge is -2.04. The molecule has 2 rings (SSSR count). The van der Waals surface area contributed by atoms with E-state index in [2.05, 4.69) is 5.92 Å². The zero-order chi connectivity index (χ0) is 13.0. The van der Waals surface area contributed by atoms with Crippen molar-refractivity contribution in [2.75, 3.05) is 0 Å². The summed E-state index contributed by atoms with van der Waals surface area (Å²) in [7, 11) is 0. The molecular formula is C16H12O2. The van der Waals surface area contributed by atoms with Gasteiger partial charge in [-0.1, -0.05) is 23.6 Å². The molecule has 18 heavy (non-hydrogen) atoms. The largest absolute Gasteiger partial charge is 0.423 e. The number of hydrogen-bond donors (Lipinski definition) is 0. The highest BCUT2D eigenvalue weighted by molar-refractivity contribution is 5.91. The number of carbonyl (C=O) groups is 1. The number of terminal acetylenes is 1. The van der Waals surface area contributed by atoms with Gasteiger partial charge in [0.15, 0.2) is 0 Å². The van der Waals surface area contributed by atoms with Crippen molar-refractivity contribution in [3.8, 4) is 18.1 Å². The van der Waals surface area contributed by atoms with Crippen LogP contribution < -0.4 is 4.74 Å². The van der Waals surface area contributed by atoms with Gasteiger partial charge in [-0.15, -0.1) is 6.42 Å². The van der Waals surface area contributed by atoms with Crippen LogP contribution in [0.1, 0.15) is 21.5 Å². The summed E-state index contributed by atoms with van der Waals surface area (Å²) in [6.45, 7) is 1.98. The number of esters is 1. The average molecular weight is 236 g/mol. The molecule has 0 unspecified atom stereocenters. The summed E-state index contributed by atoms with van der Waals surface area (Å²) >= 11 is 0. The average Bonchev–Trinajstić information content (AvgIpc) is 2.41. The predicted molar refractivity (Wildman–Crippen MR) is 70.5 cm³/mol. The van der Waals surface area contributed by atoms with E-state index in [4.69, 9.17) is 11.2 Å². The maximum atomic E-state index is 11.8. The molecule has 2 heteroatoms. The summed E-state index contributed by atoms with van der Waals surface area (Å²) in [4.78, 5) is 11.8. The molecule has 2 aromatic rings. The Morgan fingerprint density at radius 3 is 2.22 bits per heavy atom. The summed E-state index contributed by atoms with van der Waals surface area (Å²) in [6.07, 6.45) is 5.25. The molecule has 0 aliphatic heterocycles. The molecule has 2 aromatic carbocycles. The van der Waals surface area contributed by atoms with Crippen LogP contribution in [-0.2, 0) is 0 Å². The Hall–Kier alpha value is -2.53. The molecule has 0 fully saturated rings. The minimum Gasteiger partial charge on any atom is -0.423 e. The molecule has 88 valence electrons. The molecule has 0 aromatic heterocycles. The lowest BCUT2D eigenvalue weighted by Crippen LogP contribution is -2.08. The first-order chi connectivity index (χ1) is 8.69. The van der Waals surface area contributed by atoms with Crippen molar-refractivity contribution in [2.24, 2.45) is 0 Å². The zero-order valence-corrected chi connectivity index (χ0v) is 10.0. The Bertz CT molecular complexity index is 586. The van der Waals surface area contributed by atoms with Gasteiger partial charge in [-0.2, -0.15) is 0 Å². The first kappa shape index (κ1) is 11.9. The van der Waals surface area contributed by atoms with E-state index in [1.165, 1.54) is 0 Å². The fraction of sp³-hybridized carbons (Fsp3) is 0.0625. The van der Waals surface area contributed by atoms with Crippen molar-refractivity contribution < 1.29 is 9.53 Å². The number of rotatable bonds is 2. The van der Waals surface area contributed by atoms with Crippen LogP contribution in [0.25, 0.3) is 0 Å². The van der Waals surface area contributed by atoms with Crippen LogP contribution in [0, 0.1) is 19.3 Å². The minimum atomic E-state index is -0.387. The number of hydrogen-bond acceptors (Lipinski definition) is 2. The molecular weight excluding hydrogens is 224 g/mol. The van der Waals surface area contributed by atoms with Gasteiger partial charge >= 0.3 is 5.97 Å². The molecule has 0 N–H and O–H groups in total. The van der Waals surface area contributed by atoms with E-state index in [9.17, 15) is 4.79 Å². The topological polar surface area (TPSA) is 26.3 Å². The molecule has 0 aliphatic rings. The molecule has 0 aliphatic carbocycles. The van der Waals surface area contributed by atoms with E-state index in [1.54, 1.807) is 36.4 Å². The lowest BCUT2D eigenvalue weighted by molar-refractivity contribution is 0.0735. The van der Waals surface area contributed by atoms with Gasteiger partial charge in [-0.05, 0) is 43.3 Å². The van der Waals surface area contributed by atoms with Crippen molar-refractivity contribution >= 4 is 5.97 Å². The lowest BCUT2D eigenvalue weighted by atomic mass is 10.1. The van der Waals surface area contributed by atoms with Crippen molar-refractivity contribution in [1.82, 2.24) is 0 Å². The number of benzene rings is 2. The van der Waals surface area contributed by atoms with Crippen LogP contribution in [0.4, 0.5) is 0 Å². The van der Waals surface area contributed by atoms with Crippen LogP contribution >= 0.6 is 0 Å². The summed E-state index contributed by atoms with van der Waals surface area (Å²) in [5.74, 6) is 2.64. The van der Waals surface area contributed by atoms with Crippen LogP contribution in [-0.4, -0.2) is 5.97 Å². The van der Waals surface area contributed by atoms with Gasteiger partial charge in [0.2, 0.25) is 0 Å². The van der Waals surface area contributed by atoms with Gasteiger partial charge in [-0.25, -0.2) is 4.79 Å².